The molecule has 2 aromatic rings. The third-order valence-corrected chi connectivity index (χ3v) is 4.11. The largest absolute Gasteiger partial charge is 0.497 e. The first kappa shape index (κ1) is 15.9. The highest BCUT2D eigenvalue weighted by atomic mass is 35.5. The van der Waals surface area contributed by atoms with Crippen molar-refractivity contribution in [3.63, 3.8) is 0 Å². The van der Waals surface area contributed by atoms with E-state index in [0.29, 0.717) is 18.0 Å². The molecule has 4 nitrogen and oxygen atoms in total. The minimum atomic E-state index is -0.424. The van der Waals surface area contributed by atoms with E-state index >= 15 is 0 Å². The van der Waals surface area contributed by atoms with Crippen molar-refractivity contribution in [2.45, 2.75) is 32.3 Å². The first-order valence-corrected chi connectivity index (χ1v) is 7.38. The number of benzene rings is 1. The quantitative estimate of drug-likeness (QED) is 0.892. The minimum Gasteiger partial charge on any atom is -0.497 e. The maximum absolute atomic E-state index is 10.2. The van der Waals surface area contributed by atoms with Crippen molar-refractivity contribution in [2.75, 3.05) is 7.11 Å². The number of aliphatic hydroxyl groups excluding tert-OH is 1. The molecule has 1 aromatic carbocycles. The molecule has 5 heteroatoms. The van der Waals surface area contributed by atoms with Gasteiger partial charge in [0.15, 0.2) is 0 Å². The molecule has 1 heterocycles. The van der Waals surface area contributed by atoms with Crippen LogP contribution >= 0.6 is 11.6 Å². The summed E-state index contributed by atoms with van der Waals surface area (Å²) in [6.45, 7) is 1.91. The van der Waals surface area contributed by atoms with Crippen LogP contribution in [0.25, 0.3) is 0 Å². The predicted molar refractivity (Wildman–Crippen MR) is 84.0 cm³/mol. The Labute approximate surface area is 130 Å². The fourth-order valence-electron chi connectivity index (χ4n) is 2.37. The summed E-state index contributed by atoms with van der Waals surface area (Å²) in [6, 6.07) is 7.91. The summed E-state index contributed by atoms with van der Waals surface area (Å²) in [4.78, 5) is 0. The molecule has 0 spiro atoms. The number of aromatic nitrogens is 2. The lowest BCUT2D eigenvalue weighted by atomic mass is 10.0. The summed E-state index contributed by atoms with van der Waals surface area (Å²) in [5.74, 6) is 0.845. The molecule has 1 N–H and O–H groups in total. The van der Waals surface area contributed by atoms with E-state index in [0.717, 1.165) is 23.4 Å². The predicted octanol–water partition coefficient (Wildman–Crippen LogP) is 2.93. The summed E-state index contributed by atoms with van der Waals surface area (Å²) >= 11 is 6.18. The molecule has 0 saturated heterocycles. The average Bonchev–Trinajstić information content (AvgIpc) is 2.72. The van der Waals surface area contributed by atoms with Crippen LogP contribution in [-0.4, -0.2) is 28.1 Å². The van der Waals surface area contributed by atoms with Crippen molar-refractivity contribution in [3.05, 3.63) is 46.2 Å². The average molecular weight is 309 g/mol. The molecule has 0 bridgehead atoms. The number of nitrogens with zero attached hydrogens (tertiary/aromatic N) is 2. The molecule has 1 atom stereocenters. The Hall–Kier alpha value is -1.52. The summed E-state index contributed by atoms with van der Waals surface area (Å²) in [5.41, 5.74) is 3.00. The van der Waals surface area contributed by atoms with Crippen molar-refractivity contribution in [1.82, 2.24) is 9.78 Å². The molecular formula is C16H21ClN2O2. The van der Waals surface area contributed by atoms with Gasteiger partial charge in [0.05, 0.1) is 18.9 Å². The summed E-state index contributed by atoms with van der Waals surface area (Å²) < 4.78 is 6.77. The van der Waals surface area contributed by atoms with Gasteiger partial charge in [-0.25, -0.2) is 0 Å². The van der Waals surface area contributed by atoms with Gasteiger partial charge in [0.25, 0.3) is 0 Å². The standard InChI is InChI=1S/C16H21ClN2O2/c1-11-15(16(17)19(2)18-11)10-13(20)7-4-12-5-8-14(21-3)9-6-12/h5-6,8-9,13,20H,4,7,10H2,1-3H3. The van der Waals surface area contributed by atoms with E-state index in [1.165, 1.54) is 5.56 Å². The van der Waals surface area contributed by atoms with Crippen molar-refractivity contribution >= 4 is 11.6 Å². The lowest BCUT2D eigenvalue weighted by molar-refractivity contribution is 0.165. The van der Waals surface area contributed by atoms with Crippen LogP contribution in [0.1, 0.15) is 23.2 Å². The molecule has 0 aliphatic rings. The van der Waals surface area contributed by atoms with Gasteiger partial charge >= 0.3 is 0 Å². The molecule has 0 amide bonds. The van der Waals surface area contributed by atoms with Crippen LogP contribution in [0.15, 0.2) is 24.3 Å². The van der Waals surface area contributed by atoms with Crippen molar-refractivity contribution in [1.29, 1.82) is 0 Å². The first-order chi connectivity index (χ1) is 10.0. The Morgan fingerprint density at radius 3 is 2.52 bits per heavy atom. The van der Waals surface area contributed by atoms with E-state index in [9.17, 15) is 5.11 Å². The number of rotatable bonds is 6. The number of aliphatic hydroxyl groups is 1. The smallest absolute Gasteiger partial charge is 0.130 e. The highest BCUT2D eigenvalue weighted by Crippen LogP contribution is 2.21. The Kier molecular flexibility index (Phi) is 5.26. The summed E-state index contributed by atoms with van der Waals surface area (Å²) in [5, 5.41) is 15.1. The molecule has 2 rings (SSSR count). The number of hydrogen-bond acceptors (Lipinski definition) is 3. The highest BCUT2D eigenvalue weighted by molar-refractivity contribution is 6.30. The SMILES string of the molecule is COc1ccc(CCC(O)Cc2c(C)nn(C)c2Cl)cc1. The maximum atomic E-state index is 10.2. The highest BCUT2D eigenvalue weighted by Gasteiger charge is 2.15. The van der Waals surface area contributed by atoms with Gasteiger partial charge in [0.2, 0.25) is 0 Å². The molecule has 0 aliphatic heterocycles. The first-order valence-electron chi connectivity index (χ1n) is 7.00. The van der Waals surface area contributed by atoms with Gasteiger partial charge in [-0.1, -0.05) is 23.7 Å². The third kappa shape index (κ3) is 3.99. The zero-order chi connectivity index (χ0) is 15.4. The van der Waals surface area contributed by atoms with Gasteiger partial charge in [-0.05, 0) is 37.5 Å². The van der Waals surface area contributed by atoms with Crippen molar-refractivity contribution in [2.24, 2.45) is 7.05 Å². The van der Waals surface area contributed by atoms with Crippen LogP contribution in [0.3, 0.4) is 0 Å². The molecule has 0 saturated carbocycles. The molecule has 0 aliphatic carbocycles. The third-order valence-electron chi connectivity index (χ3n) is 3.63. The molecular weight excluding hydrogens is 288 g/mol. The molecule has 1 aromatic heterocycles. The monoisotopic (exact) mass is 308 g/mol. The molecule has 1 unspecified atom stereocenters. The molecule has 0 fully saturated rings. The Morgan fingerprint density at radius 2 is 2.00 bits per heavy atom. The normalized spacial score (nSPS) is 12.4. The molecule has 114 valence electrons. The number of methoxy groups -OCH3 is 1. The van der Waals surface area contributed by atoms with E-state index in [1.54, 1.807) is 11.8 Å². The lowest BCUT2D eigenvalue weighted by Gasteiger charge is -2.11. The minimum absolute atomic E-state index is 0.424. The number of halogens is 1. The van der Waals surface area contributed by atoms with E-state index in [1.807, 2.05) is 38.2 Å². The van der Waals surface area contributed by atoms with Crippen LogP contribution in [0.4, 0.5) is 0 Å². The fourth-order valence-corrected chi connectivity index (χ4v) is 2.62. The van der Waals surface area contributed by atoms with Crippen LogP contribution in [0.5, 0.6) is 5.75 Å². The van der Waals surface area contributed by atoms with Gasteiger partial charge in [-0.2, -0.15) is 5.10 Å². The fraction of sp³-hybridized carbons (Fsp3) is 0.438. The van der Waals surface area contributed by atoms with Crippen LogP contribution in [0, 0.1) is 6.92 Å². The Bertz CT molecular complexity index is 593. The Balaban J connectivity index is 1.90. The number of aryl methyl sites for hydroxylation is 3. The van der Waals surface area contributed by atoms with Gasteiger partial charge < -0.3 is 9.84 Å². The Morgan fingerprint density at radius 1 is 1.33 bits per heavy atom. The second kappa shape index (κ2) is 6.96. The van der Waals surface area contributed by atoms with E-state index in [-0.39, 0.29) is 0 Å². The molecule has 0 radical (unpaired) electrons. The van der Waals surface area contributed by atoms with Gasteiger partial charge in [0, 0.05) is 19.0 Å². The zero-order valence-corrected chi connectivity index (χ0v) is 13.4. The zero-order valence-electron chi connectivity index (χ0n) is 12.6. The van der Waals surface area contributed by atoms with Crippen molar-refractivity contribution in [3.8, 4) is 5.75 Å². The summed E-state index contributed by atoms with van der Waals surface area (Å²) in [7, 11) is 3.46. The lowest BCUT2D eigenvalue weighted by Crippen LogP contribution is -2.12. The van der Waals surface area contributed by atoms with Gasteiger partial charge in [0.1, 0.15) is 10.9 Å². The van der Waals surface area contributed by atoms with Crippen LogP contribution in [-0.2, 0) is 19.9 Å². The van der Waals surface area contributed by atoms with E-state index in [2.05, 4.69) is 5.10 Å². The van der Waals surface area contributed by atoms with Gasteiger partial charge in [-0.15, -0.1) is 0 Å². The number of hydrogen-bond donors (Lipinski definition) is 1. The van der Waals surface area contributed by atoms with E-state index in [4.69, 9.17) is 16.3 Å². The number of ether oxygens (including phenoxy) is 1. The summed E-state index contributed by atoms with van der Waals surface area (Å²) in [6.07, 6.45) is 1.63. The van der Waals surface area contributed by atoms with Gasteiger partial charge in [-0.3, -0.25) is 4.68 Å². The topological polar surface area (TPSA) is 47.3 Å². The second-order valence-electron chi connectivity index (χ2n) is 5.22. The van der Waals surface area contributed by atoms with E-state index < -0.39 is 6.10 Å². The maximum Gasteiger partial charge on any atom is 0.130 e. The van der Waals surface area contributed by atoms with Crippen LogP contribution < -0.4 is 4.74 Å². The van der Waals surface area contributed by atoms with Crippen LogP contribution in [0.2, 0.25) is 5.15 Å². The van der Waals surface area contributed by atoms with Crippen molar-refractivity contribution < 1.29 is 9.84 Å². The molecule has 21 heavy (non-hydrogen) atoms. The second-order valence-corrected chi connectivity index (χ2v) is 5.58.